The molecule has 0 fully saturated rings. The van der Waals surface area contributed by atoms with E-state index in [-0.39, 0.29) is 6.54 Å². The number of methoxy groups -OCH3 is 1. The molecule has 130 valence electrons. The lowest BCUT2D eigenvalue weighted by molar-refractivity contribution is -0.140. The van der Waals surface area contributed by atoms with E-state index in [0.717, 1.165) is 0 Å². The van der Waals surface area contributed by atoms with Crippen molar-refractivity contribution in [1.29, 1.82) is 0 Å². The van der Waals surface area contributed by atoms with E-state index in [0.29, 0.717) is 17.1 Å². The third kappa shape index (κ3) is 5.54. The Morgan fingerprint density at radius 3 is 2.60 bits per heavy atom. The maximum Gasteiger partial charge on any atom is 0.327 e. The number of benzene rings is 1. The van der Waals surface area contributed by atoms with Gasteiger partial charge in [0.25, 0.3) is 5.91 Å². The first-order valence-electron chi connectivity index (χ1n) is 7.32. The Morgan fingerprint density at radius 2 is 1.88 bits per heavy atom. The third-order valence-electron chi connectivity index (χ3n) is 3.06. The molecule has 1 heterocycles. The molecule has 1 aromatic heterocycles. The van der Waals surface area contributed by atoms with Crippen molar-refractivity contribution in [2.45, 2.75) is 6.54 Å². The summed E-state index contributed by atoms with van der Waals surface area (Å²) in [5.74, 6) is -1.38. The first-order valence-corrected chi connectivity index (χ1v) is 7.32. The van der Waals surface area contributed by atoms with Crippen molar-refractivity contribution >= 4 is 23.8 Å². The summed E-state index contributed by atoms with van der Waals surface area (Å²) in [6.45, 7) is 0.0703. The van der Waals surface area contributed by atoms with Gasteiger partial charge in [0.1, 0.15) is 11.5 Å². The number of carbonyl (C=O) groups is 3. The normalized spacial score (nSPS) is 10.3. The van der Waals surface area contributed by atoms with Gasteiger partial charge >= 0.3 is 11.8 Å². The summed E-state index contributed by atoms with van der Waals surface area (Å²) in [7, 11) is 1.52. The number of para-hydroxylation sites is 1. The highest BCUT2D eigenvalue weighted by Crippen LogP contribution is 2.18. The highest BCUT2D eigenvalue weighted by Gasteiger charge is 2.13. The van der Waals surface area contributed by atoms with Crippen LogP contribution < -0.4 is 20.9 Å². The van der Waals surface area contributed by atoms with Gasteiger partial charge in [-0.3, -0.25) is 25.2 Å². The van der Waals surface area contributed by atoms with Gasteiger partial charge in [0.2, 0.25) is 0 Å². The molecule has 0 aliphatic heterocycles. The van der Waals surface area contributed by atoms with Crippen molar-refractivity contribution in [3.8, 4) is 5.75 Å². The summed E-state index contributed by atoms with van der Waals surface area (Å²) in [4.78, 5) is 34.8. The van der Waals surface area contributed by atoms with Gasteiger partial charge in [-0.15, -0.1) is 0 Å². The molecule has 2 rings (SSSR count). The second kappa shape index (κ2) is 8.92. The quantitative estimate of drug-likeness (QED) is 0.422. The molecule has 0 spiro atoms. The van der Waals surface area contributed by atoms with Crippen LogP contribution in [0, 0.1) is 0 Å². The minimum Gasteiger partial charge on any atom is -0.496 e. The first-order chi connectivity index (χ1) is 12.1. The van der Waals surface area contributed by atoms with Crippen LogP contribution in [0.3, 0.4) is 0 Å². The maximum absolute atomic E-state index is 11.7. The van der Waals surface area contributed by atoms with E-state index in [1.807, 2.05) is 5.43 Å². The molecular weight excluding hydrogens is 326 g/mol. The Kier molecular flexibility index (Phi) is 6.35. The molecule has 8 heteroatoms. The fourth-order valence-electron chi connectivity index (χ4n) is 1.85. The summed E-state index contributed by atoms with van der Waals surface area (Å²) < 4.78 is 10.2. The van der Waals surface area contributed by atoms with E-state index in [9.17, 15) is 14.4 Å². The van der Waals surface area contributed by atoms with E-state index in [2.05, 4.69) is 10.7 Å². The van der Waals surface area contributed by atoms with Crippen LogP contribution in [0.25, 0.3) is 6.08 Å². The van der Waals surface area contributed by atoms with Gasteiger partial charge in [0.15, 0.2) is 0 Å². The smallest absolute Gasteiger partial charge is 0.327 e. The molecule has 3 N–H and O–H groups in total. The van der Waals surface area contributed by atoms with Crippen LogP contribution in [0.2, 0.25) is 0 Å². The van der Waals surface area contributed by atoms with Crippen LogP contribution in [-0.4, -0.2) is 24.8 Å². The lowest BCUT2D eigenvalue weighted by Gasteiger charge is -2.06. The van der Waals surface area contributed by atoms with Gasteiger partial charge in [0.05, 0.1) is 19.9 Å². The molecular formula is C17H17N3O5. The molecule has 0 aliphatic rings. The number of furan rings is 1. The molecule has 0 atom stereocenters. The van der Waals surface area contributed by atoms with Crippen LogP contribution in [0.4, 0.5) is 0 Å². The van der Waals surface area contributed by atoms with Crippen LogP contribution in [0.15, 0.2) is 53.2 Å². The second-order valence-corrected chi connectivity index (χ2v) is 4.78. The molecule has 3 amide bonds. The van der Waals surface area contributed by atoms with Crippen molar-refractivity contribution in [2.24, 2.45) is 0 Å². The van der Waals surface area contributed by atoms with Crippen molar-refractivity contribution in [3.05, 3.63) is 60.1 Å². The molecule has 2 aromatic rings. The molecule has 1 aromatic carbocycles. The van der Waals surface area contributed by atoms with Crippen LogP contribution in [0.1, 0.15) is 11.3 Å². The highest BCUT2D eigenvalue weighted by atomic mass is 16.5. The molecule has 0 unspecified atom stereocenters. The van der Waals surface area contributed by atoms with Crippen LogP contribution >= 0.6 is 0 Å². The highest BCUT2D eigenvalue weighted by molar-refractivity contribution is 6.35. The Morgan fingerprint density at radius 1 is 1.08 bits per heavy atom. The molecule has 0 saturated carbocycles. The topological polar surface area (TPSA) is 110 Å². The van der Waals surface area contributed by atoms with Crippen LogP contribution in [-0.2, 0) is 20.9 Å². The SMILES string of the molecule is COc1ccccc1/C=C/C(=O)NNC(=O)C(=O)NCc1ccco1. The summed E-state index contributed by atoms with van der Waals surface area (Å²) >= 11 is 0. The van der Waals surface area contributed by atoms with Crippen molar-refractivity contribution in [1.82, 2.24) is 16.2 Å². The van der Waals surface area contributed by atoms with Gasteiger partial charge in [-0.2, -0.15) is 0 Å². The van der Waals surface area contributed by atoms with Gasteiger partial charge in [-0.25, -0.2) is 0 Å². The molecule has 0 radical (unpaired) electrons. The molecule has 0 saturated heterocycles. The molecule has 25 heavy (non-hydrogen) atoms. The van der Waals surface area contributed by atoms with Crippen molar-refractivity contribution in [3.63, 3.8) is 0 Å². The lowest BCUT2D eigenvalue weighted by atomic mass is 10.2. The fourth-order valence-corrected chi connectivity index (χ4v) is 1.85. The van der Waals surface area contributed by atoms with E-state index in [1.165, 1.54) is 25.5 Å². The number of hydrogen-bond acceptors (Lipinski definition) is 5. The minimum atomic E-state index is -0.995. The number of amides is 3. The van der Waals surface area contributed by atoms with Crippen LogP contribution in [0.5, 0.6) is 5.75 Å². The Hall–Kier alpha value is -3.55. The second-order valence-electron chi connectivity index (χ2n) is 4.78. The largest absolute Gasteiger partial charge is 0.496 e. The number of rotatable bonds is 5. The zero-order valence-corrected chi connectivity index (χ0v) is 13.4. The first kappa shape index (κ1) is 17.8. The monoisotopic (exact) mass is 343 g/mol. The number of nitrogens with one attached hydrogen (secondary N) is 3. The van der Waals surface area contributed by atoms with E-state index >= 15 is 0 Å². The standard InChI is InChI=1S/C17H17N3O5/c1-24-14-7-3-2-5-12(14)8-9-15(21)19-20-17(23)16(22)18-11-13-6-4-10-25-13/h2-10H,11H2,1H3,(H,18,22)(H,19,21)(H,20,23)/b9-8+. The van der Waals surface area contributed by atoms with E-state index in [1.54, 1.807) is 36.4 Å². The predicted molar refractivity (Wildman–Crippen MR) is 88.9 cm³/mol. The summed E-state index contributed by atoms with van der Waals surface area (Å²) in [6.07, 6.45) is 4.19. The molecule has 8 nitrogen and oxygen atoms in total. The van der Waals surface area contributed by atoms with Crippen molar-refractivity contribution in [2.75, 3.05) is 7.11 Å². The summed E-state index contributed by atoms with van der Waals surface area (Å²) in [5, 5.41) is 2.35. The number of carbonyl (C=O) groups excluding carboxylic acids is 3. The molecule has 0 bridgehead atoms. The third-order valence-corrected chi connectivity index (χ3v) is 3.06. The predicted octanol–water partition coefficient (Wildman–Crippen LogP) is 0.765. The van der Waals surface area contributed by atoms with Gasteiger partial charge in [-0.05, 0) is 24.3 Å². The fraction of sp³-hybridized carbons (Fsp3) is 0.118. The summed E-state index contributed by atoms with van der Waals surface area (Å²) in [6, 6.07) is 10.4. The Balaban J connectivity index is 1.77. The Labute approximate surface area is 143 Å². The summed E-state index contributed by atoms with van der Waals surface area (Å²) in [5.41, 5.74) is 4.82. The number of hydrazine groups is 1. The number of ether oxygens (including phenoxy) is 1. The van der Waals surface area contributed by atoms with Gasteiger partial charge in [-0.1, -0.05) is 18.2 Å². The average molecular weight is 343 g/mol. The van der Waals surface area contributed by atoms with Gasteiger partial charge < -0.3 is 14.5 Å². The molecule has 0 aliphatic carbocycles. The van der Waals surface area contributed by atoms with E-state index < -0.39 is 17.7 Å². The van der Waals surface area contributed by atoms with Gasteiger partial charge in [0, 0.05) is 11.6 Å². The zero-order chi connectivity index (χ0) is 18.1. The maximum atomic E-state index is 11.7. The zero-order valence-electron chi connectivity index (χ0n) is 13.4. The number of hydrogen-bond donors (Lipinski definition) is 3. The average Bonchev–Trinajstić information content (AvgIpc) is 3.16. The van der Waals surface area contributed by atoms with Crippen molar-refractivity contribution < 1.29 is 23.5 Å². The van der Waals surface area contributed by atoms with E-state index in [4.69, 9.17) is 9.15 Å². The minimum absolute atomic E-state index is 0.0703. The lowest BCUT2D eigenvalue weighted by Crippen LogP contribution is -2.47. The Bertz CT molecular complexity index is 768.